The molecule has 0 aliphatic heterocycles. The molecule has 0 bridgehead atoms. The topological polar surface area (TPSA) is 25.8 Å². The Morgan fingerprint density at radius 1 is 1.19 bits per heavy atom. The largest absolute Gasteiger partial charge is 0.224 e. The lowest BCUT2D eigenvalue weighted by molar-refractivity contribution is 1.11. The number of benzene rings is 1. The van der Waals surface area contributed by atoms with Gasteiger partial charge in [-0.05, 0) is 35.7 Å². The van der Waals surface area contributed by atoms with Crippen LogP contribution in [0, 0.1) is 0 Å². The number of fused-ring (bicyclic) bond motifs is 1. The minimum atomic E-state index is 0.300. The Kier molecular flexibility index (Phi) is 4.69. The molecule has 0 saturated heterocycles. The van der Waals surface area contributed by atoms with Crippen molar-refractivity contribution in [3.63, 3.8) is 0 Å². The van der Waals surface area contributed by atoms with Crippen molar-refractivity contribution in [3.8, 4) is 0 Å². The fourth-order valence-corrected chi connectivity index (χ4v) is 4.56. The Bertz CT molecular complexity index is 786. The Morgan fingerprint density at radius 2 is 2.00 bits per heavy atom. The Hall–Kier alpha value is -0.810. The van der Waals surface area contributed by atoms with E-state index in [2.05, 4.69) is 23.0 Å². The van der Waals surface area contributed by atoms with Crippen LogP contribution in [0.5, 0.6) is 0 Å². The number of halogens is 2. The summed E-state index contributed by atoms with van der Waals surface area (Å²) in [5.74, 6) is 0.763. The molecule has 0 spiro atoms. The predicted octanol–water partition coefficient (Wildman–Crippen LogP) is 5.85. The second-order valence-electron chi connectivity index (χ2n) is 4.46. The summed E-state index contributed by atoms with van der Waals surface area (Å²) in [6, 6.07) is 10.0. The lowest BCUT2D eigenvalue weighted by Crippen LogP contribution is -1.88. The molecule has 21 heavy (non-hydrogen) atoms. The predicted molar refractivity (Wildman–Crippen MR) is 92.8 cm³/mol. The van der Waals surface area contributed by atoms with Crippen LogP contribution in [0.3, 0.4) is 0 Å². The number of thiophene rings is 1. The van der Waals surface area contributed by atoms with E-state index >= 15 is 0 Å². The van der Waals surface area contributed by atoms with Gasteiger partial charge in [-0.1, -0.05) is 36.7 Å². The summed E-state index contributed by atoms with van der Waals surface area (Å²) in [5, 5.41) is 3.08. The van der Waals surface area contributed by atoms with E-state index in [1.165, 1.54) is 4.88 Å². The number of nitrogens with zero attached hydrogens (tertiary/aromatic N) is 2. The third-order valence-electron chi connectivity index (χ3n) is 3.05. The van der Waals surface area contributed by atoms with Gasteiger partial charge in [0.2, 0.25) is 5.28 Å². The van der Waals surface area contributed by atoms with Crippen LogP contribution >= 0.6 is 46.3 Å². The van der Waals surface area contributed by atoms with Crippen molar-refractivity contribution in [1.82, 2.24) is 9.97 Å². The van der Waals surface area contributed by atoms with E-state index < -0.39 is 0 Å². The quantitative estimate of drug-likeness (QED) is 0.333. The Balaban J connectivity index is 1.93. The second kappa shape index (κ2) is 6.53. The Morgan fingerprint density at radius 3 is 2.76 bits per heavy atom. The van der Waals surface area contributed by atoms with E-state index in [0.717, 1.165) is 38.0 Å². The molecule has 1 aromatic carbocycles. The summed E-state index contributed by atoms with van der Waals surface area (Å²) in [7, 11) is 0. The van der Waals surface area contributed by atoms with Gasteiger partial charge in [0.1, 0.15) is 9.86 Å². The standard InChI is InChI=1S/C15H12Cl2N2S2/c1-2-10-7-11-13(18-15(17)19-14(11)21-10)20-8-9-5-3-4-6-12(9)16/h3-7H,2,8H2,1H3. The van der Waals surface area contributed by atoms with Crippen LogP contribution < -0.4 is 0 Å². The molecule has 2 heterocycles. The third-order valence-corrected chi connectivity index (χ3v) is 5.80. The summed E-state index contributed by atoms with van der Waals surface area (Å²) in [4.78, 5) is 10.9. The molecule has 0 unspecified atom stereocenters. The van der Waals surface area contributed by atoms with E-state index in [9.17, 15) is 0 Å². The monoisotopic (exact) mass is 354 g/mol. The number of thioether (sulfide) groups is 1. The van der Waals surface area contributed by atoms with Crippen molar-refractivity contribution in [2.75, 3.05) is 0 Å². The van der Waals surface area contributed by atoms with Crippen LogP contribution in [-0.2, 0) is 12.2 Å². The van der Waals surface area contributed by atoms with E-state index in [1.54, 1.807) is 23.1 Å². The van der Waals surface area contributed by atoms with Gasteiger partial charge in [0, 0.05) is 21.0 Å². The lowest BCUT2D eigenvalue weighted by atomic mass is 10.2. The van der Waals surface area contributed by atoms with E-state index in [-0.39, 0.29) is 0 Å². The van der Waals surface area contributed by atoms with E-state index in [0.29, 0.717) is 5.28 Å². The second-order valence-corrected chi connectivity index (χ2v) is 7.29. The maximum absolute atomic E-state index is 6.20. The molecular weight excluding hydrogens is 343 g/mol. The Labute approximate surface area is 141 Å². The highest BCUT2D eigenvalue weighted by atomic mass is 35.5. The van der Waals surface area contributed by atoms with Crippen LogP contribution in [-0.4, -0.2) is 9.97 Å². The molecule has 0 saturated carbocycles. The number of aryl methyl sites for hydroxylation is 1. The molecular formula is C15H12Cl2N2S2. The summed E-state index contributed by atoms with van der Waals surface area (Å²) in [6.45, 7) is 2.14. The highest BCUT2D eigenvalue weighted by Crippen LogP contribution is 2.34. The molecule has 2 nitrogen and oxygen atoms in total. The maximum atomic E-state index is 6.20. The zero-order valence-corrected chi connectivity index (χ0v) is 14.4. The van der Waals surface area contributed by atoms with Crippen LogP contribution in [0.15, 0.2) is 35.4 Å². The van der Waals surface area contributed by atoms with Crippen molar-refractivity contribution in [2.45, 2.75) is 24.1 Å². The molecule has 0 atom stereocenters. The molecule has 0 N–H and O–H groups in total. The summed E-state index contributed by atoms with van der Waals surface area (Å²) >= 11 is 15.5. The van der Waals surface area contributed by atoms with Gasteiger partial charge in [0.25, 0.3) is 0 Å². The first kappa shape index (κ1) is 15.1. The normalized spacial score (nSPS) is 11.2. The van der Waals surface area contributed by atoms with Crippen LogP contribution in [0.4, 0.5) is 0 Å². The first-order valence-electron chi connectivity index (χ1n) is 6.49. The van der Waals surface area contributed by atoms with E-state index in [1.807, 2.05) is 24.3 Å². The van der Waals surface area contributed by atoms with Crippen molar-refractivity contribution in [1.29, 1.82) is 0 Å². The van der Waals surface area contributed by atoms with Crippen LogP contribution in [0.25, 0.3) is 10.2 Å². The molecule has 0 fully saturated rings. The van der Waals surface area contributed by atoms with Gasteiger partial charge in [0.05, 0.1) is 0 Å². The molecule has 0 amide bonds. The zero-order chi connectivity index (χ0) is 14.8. The summed E-state index contributed by atoms with van der Waals surface area (Å²) in [6.07, 6.45) is 0.993. The fourth-order valence-electron chi connectivity index (χ4n) is 1.97. The minimum absolute atomic E-state index is 0.300. The minimum Gasteiger partial charge on any atom is -0.211 e. The van der Waals surface area contributed by atoms with Gasteiger partial charge < -0.3 is 0 Å². The molecule has 3 rings (SSSR count). The molecule has 0 aliphatic rings. The molecule has 0 radical (unpaired) electrons. The van der Waals surface area contributed by atoms with Gasteiger partial charge in [-0.25, -0.2) is 9.97 Å². The highest BCUT2D eigenvalue weighted by Gasteiger charge is 2.12. The molecule has 6 heteroatoms. The lowest BCUT2D eigenvalue weighted by Gasteiger charge is -2.05. The number of aromatic nitrogens is 2. The molecule has 0 aliphatic carbocycles. The van der Waals surface area contributed by atoms with Gasteiger partial charge in [-0.2, -0.15) is 0 Å². The molecule has 3 aromatic rings. The van der Waals surface area contributed by atoms with Crippen LogP contribution in [0.1, 0.15) is 17.4 Å². The average molecular weight is 355 g/mol. The van der Waals surface area contributed by atoms with Crippen molar-refractivity contribution in [2.24, 2.45) is 0 Å². The molecule has 2 aromatic heterocycles. The fraction of sp³-hybridized carbons (Fsp3) is 0.200. The third kappa shape index (κ3) is 3.34. The molecule has 108 valence electrons. The van der Waals surface area contributed by atoms with Gasteiger partial charge in [-0.15, -0.1) is 23.1 Å². The SMILES string of the molecule is CCc1cc2c(SCc3ccccc3Cl)nc(Cl)nc2s1. The summed E-state index contributed by atoms with van der Waals surface area (Å²) < 4.78 is 0. The average Bonchev–Trinajstić information content (AvgIpc) is 2.89. The van der Waals surface area contributed by atoms with Gasteiger partial charge in [0.15, 0.2) is 0 Å². The van der Waals surface area contributed by atoms with Crippen molar-refractivity contribution < 1.29 is 0 Å². The van der Waals surface area contributed by atoms with Crippen molar-refractivity contribution >= 4 is 56.5 Å². The maximum Gasteiger partial charge on any atom is 0.224 e. The van der Waals surface area contributed by atoms with Gasteiger partial charge in [-0.3, -0.25) is 0 Å². The highest BCUT2D eigenvalue weighted by molar-refractivity contribution is 7.98. The number of hydrogen-bond acceptors (Lipinski definition) is 4. The zero-order valence-electron chi connectivity index (χ0n) is 11.3. The van der Waals surface area contributed by atoms with Crippen molar-refractivity contribution in [3.05, 3.63) is 51.1 Å². The number of hydrogen-bond donors (Lipinski definition) is 0. The van der Waals surface area contributed by atoms with E-state index in [4.69, 9.17) is 23.2 Å². The number of rotatable bonds is 4. The van der Waals surface area contributed by atoms with Crippen LogP contribution in [0.2, 0.25) is 10.3 Å². The first-order valence-corrected chi connectivity index (χ1v) is 9.05. The summed E-state index contributed by atoms with van der Waals surface area (Å²) in [5.41, 5.74) is 1.10. The smallest absolute Gasteiger partial charge is 0.211 e. The van der Waals surface area contributed by atoms with Gasteiger partial charge >= 0.3 is 0 Å². The first-order chi connectivity index (χ1) is 10.2.